The van der Waals surface area contributed by atoms with Crippen LogP contribution in [0.3, 0.4) is 0 Å². The second kappa shape index (κ2) is 10.8. The van der Waals surface area contributed by atoms with Crippen molar-refractivity contribution in [3.63, 3.8) is 0 Å². The summed E-state index contributed by atoms with van der Waals surface area (Å²) in [6.07, 6.45) is 2.85. The van der Waals surface area contributed by atoms with Gasteiger partial charge in [-0.25, -0.2) is 9.37 Å². The number of rotatable bonds is 9. The minimum atomic E-state index is -0.221. The molecule has 0 amide bonds. The Morgan fingerprint density at radius 1 is 1.06 bits per heavy atom. The first-order valence-electron chi connectivity index (χ1n) is 12.2. The van der Waals surface area contributed by atoms with Gasteiger partial charge in [-0.15, -0.1) is 0 Å². The number of furan rings is 1. The molecule has 1 unspecified atom stereocenters. The van der Waals surface area contributed by atoms with E-state index in [1.807, 2.05) is 36.4 Å². The van der Waals surface area contributed by atoms with Crippen molar-refractivity contribution in [3.05, 3.63) is 83.6 Å². The molecule has 3 N–H and O–H groups in total. The van der Waals surface area contributed by atoms with Crippen LogP contribution in [0.15, 0.2) is 65.1 Å². The van der Waals surface area contributed by atoms with Gasteiger partial charge in [-0.2, -0.15) is 12.6 Å². The molecule has 184 valence electrons. The summed E-state index contributed by atoms with van der Waals surface area (Å²) in [6, 6.07) is 19.2. The van der Waals surface area contributed by atoms with Gasteiger partial charge in [-0.3, -0.25) is 4.90 Å². The summed E-state index contributed by atoms with van der Waals surface area (Å²) in [7, 11) is 0. The number of nitrogens with two attached hydrogens (primary N) is 1. The maximum atomic E-state index is 13.4. The van der Waals surface area contributed by atoms with Crippen LogP contribution in [-0.4, -0.2) is 40.1 Å². The monoisotopic (exact) mass is 493 g/mol. The number of hydrogen-bond donors (Lipinski definition) is 3. The molecule has 1 fully saturated rings. The van der Waals surface area contributed by atoms with E-state index in [9.17, 15) is 4.39 Å². The van der Waals surface area contributed by atoms with Gasteiger partial charge >= 0.3 is 0 Å². The van der Waals surface area contributed by atoms with Gasteiger partial charge in [0.1, 0.15) is 17.3 Å². The number of anilines is 1. The van der Waals surface area contributed by atoms with E-state index in [1.54, 1.807) is 0 Å². The van der Waals surface area contributed by atoms with E-state index < -0.39 is 0 Å². The Hall–Kier alpha value is -2.81. The van der Waals surface area contributed by atoms with E-state index >= 15 is 0 Å². The Kier molecular flexibility index (Phi) is 7.41. The summed E-state index contributed by atoms with van der Waals surface area (Å²) in [5.74, 6) is 2.51. The molecule has 2 aromatic carbocycles. The zero-order chi connectivity index (χ0) is 24.2. The average molecular weight is 494 g/mol. The summed E-state index contributed by atoms with van der Waals surface area (Å²) < 4.78 is 21.6. The molecule has 1 atom stereocenters. The minimum Gasteiger partial charge on any atom is -0.464 e. The molecule has 2 aromatic heterocycles. The van der Waals surface area contributed by atoms with Gasteiger partial charge in [0.15, 0.2) is 0 Å². The minimum absolute atomic E-state index is 0.0536. The number of halogens is 1. The van der Waals surface area contributed by atoms with E-state index in [2.05, 4.69) is 39.5 Å². The Labute approximate surface area is 210 Å². The molecule has 0 bridgehead atoms. The summed E-state index contributed by atoms with van der Waals surface area (Å²) in [4.78, 5) is 7.30. The van der Waals surface area contributed by atoms with Crippen molar-refractivity contribution in [2.24, 2.45) is 5.73 Å². The van der Waals surface area contributed by atoms with Gasteiger partial charge in [0, 0.05) is 19.1 Å². The number of nitrogens with one attached hydrogen (secondary N) is 1. The number of imidazole rings is 1. The predicted octanol–water partition coefficient (Wildman–Crippen LogP) is 5.21. The fourth-order valence-corrected chi connectivity index (χ4v) is 5.00. The standard InChI is InChI=1S/C27H32FN5OS/c28-20-7-5-19(6-8-20)17-33-24-4-2-1-3-23(24)31-27(33)30-21-12-15-32(16-13-21)18-22-9-10-25(34-22)26(35)11-14-29/h1-10,21,26,35H,11-18,29H2,(H,30,31). The number of nitrogens with zero attached hydrogens (tertiary/aromatic N) is 3. The van der Waals surface area contributed by atoms with Crippen LogP contribution in [-0.2, 0) is 13.1 Å². The zero-order valence-electron chi connectivity index (χ0n) is 19.7. The van der Waals surface area contributed by atoms with E-state index in [-0.39, 0.29) is 11.1 Å². The Morgan fingerprint density at radius 2 is 1.83 bits per heavy atom. The third-order valence-corrected chi connectivity index (χ3v) is 7.17. The van der Waals surface area contributed by atoms with Gasteiger partial charge in [-0.1, -0.05) is 24.3 Å². The fraction of sp³-hybridized carbons (Fsp3) is 0.370. The molecule has 0 saturated carbocycles. The molecule has 6 nitrogen and oxygen atoms in total. The second-order valence-electron chi connectivity index (χ2n) is 9.23. The summed E-state index contributed by atoms with van der Waals surface area (Å²) >= 11 is 4.58. The van der Waals surface area contributed by atoms with Crippen molar-refractivity contribution >= 4 is 29.6 Å². The molecule has 4 aromatic rings. The number of likely N-dealkylation sites (tertiary alicyclic amines) is 1. The smallest absolute Gasteiger partial charge is 0.204 e. The molecular weight excluding hydrogens is 461 g/mol. The maximum absolute atomic E-state index is 13.4. The summed E-state index contributed by atoms with van der Waals surface area (Å²) in [6.45, 7) is 4.01. The zero-order valence-corrected chi connectivity index (χ0v) is 20.6. The molecule has 1 aliphatic rings. The highest BCUT2D eigenvalue weighted by Gasteiger charge is 2.22. The number of hydrogen-bond acceptors (Lipinski definition) is 6. The van der Waals surface area contributed by atoms with Crippen molar-refractivity contribution in [2.75, 3.05) is 25.0 Å². The van der Waals surface area contributed by atoms with Crippen LogP contribution in [0.4, 0.5) is 10.3 Å². The fourth-order valence-electron chi connectivity index (χ4n) is 4.72. The lowest BCUT2D eigenvalue weighted by atomic mass is 10.1. The topological polar surface area (TPSA) is 72.2 Å². The van der Waals surface area contributed by atoms with Crippen LogP contribution < -0.4 is 11.1 Å². The average Bonchev–Trinajstić information content (AvgIpc) is 3.47. The summed E-state index contributed by atoms with van der Waals surface area (Å²) in [5.41, 5.74) is 8.71. The van der Waals surface area contributed by atoms with Crippen LogP contribution in [0.5, 0.6) is 0 Å². The first-order valence-corrected chi connectivity index (χ1v) is 12.8. The molecule has 0 radical (unpaired) electrons. The lowest BCUT2D eigenvalue weighted by Gasteiger charge is -2.32. The Balaban J connectivity index is 1.22. The first kappa shape index (κ1) is 23.9. The van der Waals surface area contributed by atoms with E-state index in [0.29, 0.717) is 19.1 Å². The number of piperidine rings is 1. The number of fused-ring (bicyclic) bond motifs is 1. The first-order chi connectivity index (χ1) is 17.1. The number of para-hydroxylation sites is 2. The van der Waals surface area contributed by atoms with Crippen LogP contribution in [0.2, 0.25) is 0 Å². The predicted molar refractivity (Wildman–Crippen MR) is 141 cm³/mol. The van der Waals surface area contributed by atoms with Crippen LogP contribution in [0, 0.1) is 5.82 Å². The van der Waals surface area contributed by atoms with Gasteiger partial charge < -0.3 is 20.0 Å². The number of thiol groups is 1. The van der Waals surface area contributed by atoms with E-state index in [0.717, 1.165) is 73.0 Å². The Bertz CT molecular complexity index is 1250. The lowest BCUT2D eigenvalue weighted by molar-refractivity contribution is 0.195. The molecule has 1 saturated heterocycles. The molecular formula is C27H32FN5OS. The SMILES string of the molecule is NCCC(S)c1ccc(CN2CCC(Nc3nc4ccccc4n3Cc3ccc(F)cc3)CC2)o1. The highest BCUT2D eigenvalue weighted by Crippen LogP contribution is 2.27. The molecule has 35 heavy (non-hydrogen) atoms. The van der Waals surface area contributed by atoms with Crippen molar-refractivity contribution in [1.82, 2.24) is 14.5 Å². The van der Waals surface area contributed by atoms with Crippen molar-refractivity contribution < 1.29 is 8.81 Å². The third-order valence-electron chi connectivity index (χ3n) is 6.66. The highest BCUT2D eigenvalue weighted by atomic mass is 32.1. The maximum Gasteiger partial charge on any atom is 0.204 e. The molecule has 8 heteroatoms. The van der Waals surface area contributed by atoms with Gasteiger partial charge in [-0.05, 0) is 67.8 Å². The largest absolute Gasteiger partial charge is 0.464 e. The van der Waals surface area contributed by atoms with Crippen LogP contribution in [0.1, 0.15) is 41.6 Å². The van der Waals surface area contributed by atoms with Crippen molar-refractivity contribution in [2.45, 2.75) is 43.6 Å². The van der Waals surface area contributed by atoms with Crippen molar-refractivity contribution in [1.29, 1.82) is 0 Å². The van der Waals surface area contributed by atoms with Crippen molar-refractivity contribution in [3.8, 4) is 0 Å². The normalized spacial score (nSPS) is 16.1. The number of benzene rings is 2. The highest BCUT2D eigenvalue weighted by molar-refractivity contribution is 7.80. The Morgan fingerprint density at radius 3 is 2.60 bits per heavy atom. The number of aromatic nitrogens is 2. The van der Waals surface area contributed by atoms with Gasteiger partial charge in [0.2, 0.25) is 5.95 Å². The second-order valence-corrected chi connectivity index (χ2v) is 9.85. The van der Waals surface area contributed by atoms with Crippen LogP contribution in [0.25, 0.3) is 11.0 Å². The molecule has 3 heterocycles. The van der Waals surface area contributed by atoms with Crippen LogP contribution >= 0.6 is 12.6 Å². The van der Waals surface area contributed by atoms with E-state index in [4.69, 9.17) is 15.1 Å². The quantitative estimate of drug-likeness (QED) is 0.279. The molecule has 5 rings (SSSR count). The van der Waals surface area contributed by atoms with E-state index in [1.165, 1.54) is 12.1 Å². The molecule has 0 spiro atoms. The lowest BCUT2D eigenvalue weighted by Crippen LogP contribution is -2.39. The summed E-state index contributed by atoms with van der Waals surface area (Å²) in [5, 5.41) is 3.75. The van der Waals surface area contributed by atoms with Gasteiger partial charge in [0.25, 0.3) is 0 Å². The van der Waals surface area contributed by atoms with Gasteiger partial charge in [0.05, 0.1) is 29.4 Å². The molecule has 0 aliphatic carbocycles. The third kappa shape index (κ3) is 5.72. The molecule has 1 aliphatic heterocycles.